The third kappa shape index (κ3) is 3.92. The van der Waals surface area contributed by atoms with Crippen molar-refractivity contribution < 1.29 is 13.2 Å². The van der Waals surface area contributed by atoms with E-state index >= 15 is 0 Å². The molecule has 0 bridgehead atoms. The molecule has 0 radical (unpaired) electrons. The second-order valence-corrected chi connectivity index (χ2v) is 5.33. The van der Waals surface area contributed by atoms with E-state index in [0.29, 0.717) is 18.2 Å². The lowest BCUT2D eigenvalue weighted by Gasteiger charge is -2.20. The van der Waals surface area contributed by atoms with E-state index in [-0.39, 0.29) is 12.0 Å². The van der Waals surface area contributed by atoms with Crippen molar-refractivity contribution >= 4 is 5.95 Å². The number of aryl methyl sites for hydroxylation is 1. The molecule has 6 nitrogen and oxygen atoms in total. The highest BCUT2D eigenvalue weighted by atomic mass is 19.4. The molecule has 0 amide bonds. The summed E-state index contributed by atoms with van der Waals surface area (Å²) < 4.78 is 39.7. The van der Waals surface area contributed by atoms with Gasteiger partial charge in [-0.3, -0.25) is 4.68 Å². The summed E-state index contributed by atoms with van der Waals surface area (Å²) in [4.78, 5) is 11.5. The van der Waals surface area contributed by atoms with E-state index in [9.17, 15) is 13.2 Å². The number of nitrogens with zero attached hydrogens (tertiary/aromatic N) is 5. The lowest BCUT2D eigenvalue weighted by Crippen LogP contribution is -2.20. The molecule has 2 aromatic rings. The van der Waals surface area contributed by atoms with Crippen molar-refractivity contribution in [2.45, 2.75) is 32.5 Å². The van der Waals surface area contributed by atoms with Crippen LogP contribution in [0.25, 0.3) is 0 Å². The van der Waals surface area contributed by atoms with Crippen LogP contribution in [0.2, 0.25) is 0 Å². The first kappa shape index (κ1) is 16.2. The molecular formula is C13H17F3N6. The maximum atomic E-state index is 12.7. The molecule has 0 unspecified atom stereocenters. The van der Waals surface area contributed by atoms with Gasteiger partial charge in [-0.25, -0.2) is 15.0 Å². The van der Waals surface area contributed by atoms with Crippen molar-refractivity contribution in [3.8, 4) is 0 Å². The normalized spacial score (nSPS) is 13.4. The Morgan fingerprint density at radius 3 is 2.55 bits per heavy atom. The summed E-state index contributed by atoms with van der Waals surface area (Å²) in [6.07, 6.45) is -1.36. The molecule has 0 aliphatic rings. The van der Waals surface area contributed by atoms with Crippen molar-refractivity contribution in [3.05, 3.63) is 30.1 Å². The summed E-state index contributed by atoms with van der Waals surface area (Å²) in [5.41, 5.74) is -0.980. The molecule has 0 fully saturated rings. The van der Waals surface area contributed by atoms with Gasteiger partial charge in [0.15, 0.2) is 0 Å². The molecule has 0 saturated carbocycles. The molecule has 2 aromatic heterocycles. The van der Waals surface area contributed by atoms with Gasteiger partial charge in [0.05, 0.1) is 6.04 Å². The van der Waals surface area contributed by atoms with E-state index in [2.05, 4.69) is 25.4 Å². The van der Waals surface area contributed by atoms with Gasteiger partial charge in [-0.1, -0.05) is 13.8 Å². The first-order valence-corrected chi connectivity index (χ1v) is 6.78. The predicted molar refractivity (Wildman–Crippen MR) is 73.9 cm³/mol. The van der Waals surface area contributed by atoms with Gasteiger partial charge in [0.1, 0.15) is 17.8 Å². The zero-order valence-electron chi connectivity index (χ0n) is 12.5. The fraction of sp³-hybridized carbons (Fsp3) is 0.538. The molecule has 0 aliphatic heterocycles. The molecular weight excluding hydrogens is 297 g/mol. The first-order valence-electron chi connectivity index (χ1n) is 6.78. The maximum Gasteiger partial charge on any atom is 0.433 e. The summed E-state index contributed by atoms with van der Waals surface area (Å²) in [5.74, 6) is 0.846. The Kier molecular flexibility index (Phi) is 4.62. The number of hydrogen-bond acceptors (Lipinski definition) is 5. The van der Waals surface area contributed by atoms with Crippen LogP contribution in [0.5, 0.6) is 0 Å². The van der Waals surface area contributed by atoms with E-state index in [1.165, 1.54) is 6.33 Å². The van der Waals surface area contributed by atoms with Crippen LogP contribution in [0.1, 0.15) is 37.8 Å². The van der Waals surface area contributed by atoms with Gasteiger partial charge < -0.3 is 5.32 Å². The molecule has 120 valence electrons. The van der Waals surface area contributed by atoms with Gasteiger partial charge in [0.25, 0.3) is 0 Å². The highest BCUT2D eigenvalue weighted by molar-refractivity contribution is 5.29. The Hall–Kier alpha value is -2.19. The maximum absolute atomic E-state index is 12.7. The van der Waals surface area contributed by atoms with Gasteiger partial charge in [-0.05, 0) is 18.4 Å². The van der Waals surface area contributed by atoms with Gasteiger partial charge in [-0.2, -0.15) is 18.3 Å². The zero-order chi connectivity index (χ0) is 16.3. The highest BCUT2D eigenvalue weighted by Crippen LogP contribution is 2.28. The van der Waals surface area contributed by atoms with Crippen molar-refractivity contribution in [2.24, 2.45) is 13.0 Å². The number of nitrogens with one attached hydrogen (secondary N) is 1. The van der Waals surface area contributed by atoms with Crippen LogP contribution in [0, 0.1) is 5.92 Å². The van der Waals surface area contributed by atoms with Gasteiger partial charge in [0.2, 0.25) is 5.95 Å². The van der Waals surface area contributed by atoms with E-state index in [1.54, 1.807) is 11.7 Å². The molecule has 0 aliphatic carbocycles. The summed E-state index contributed by atoms with van der Waals surface area (Å²) in [7, 11) is 1.73. The fourth-order valence-electron chi connectivity index (χ4n) is 2.06. The van der Waals surface area contributed by atoms with Crippen LogP contribution in [-0.4, -0.2) is 24.7 Å². The topological polar surface area (TPSA) is 68.5 Å². The Morgan fingerprint density at radius 2 is 2.00 bits per heavy atom. The molecule has 1 N–H and O–H groups in total. The zero-order valence-corrected chi connectivity index (χ0v) is 12.5. The smallest absolute Gasteiger partial charge is 0.344 e. The van der Waals surface area contributed by atoms with Crippen LogP contribution in [-0.2, 0) is 13.2 Å². The molecule has 9 heteroatoms. The Labute approximate surface area is 125 Å². The quantitative estimate of drug-likeness (QED) is 0.919. The molecule has 2 heterocycles. The minimum atomic E-state index is -4.50. The number of alkyl halides is 3. The molecule has 0 spiro atoms. The van der Waals surface area contributed by atoms with E-state index in [1.807, 2.05) is 13.8 Å². The molecule has 0 aromatic carbocycles. The standard InChI is InChI=1S/C13H17F3N6/c1-8(2)6-9(11-18-7-19-22(11)3)20-12-17-5-4-10(21-12)13(14,15)16/h4-5,7-9H,6H2,1-3H3,(H,17,20,21)/t9-/m1/s1. The van der Waals surface area contributed by atoms with Crippen LogP contribution in [0.4, 0.5) is 19.1 Å². The van der Waals surface area contributed by atoms with Crippen LogP contribution in [0.3, 0.4) is 0 Å². The Bertz CT molecular complexity index is 622. The third-order valence-corrected chi connectivity index (χ3v) is 3.01. The van der Waals surface area contributed by atoms with E-state index in [0.717, 1.165) is 12.3 Å². The number of aromatic nitrogens is 5. The number of anilines is 1. The van der Waals surface area contributed by atoms with Crippen LogP contribution >= 0.6 is 0 Å². The lowest BCUT2D eigenvalue weighted by atomic mass is 10.0. The second kappa shape index (κ2) is 6.29. The van der Waals surface area contributed by atoms with Crippen molar-refractivity contribution in [1.29, 1.82) is 0 Å². The Morgan fingerprint density at radius 1 is 1.27 bits per heavy atom. The SMILES string of the molecule is CC(C)C[C@@H](Nc1nccc(C(F)(F)F)n1)c1ncnn1C. The molecule has 2 rings (SSSR count). The fourth-order valence-corrected chi connectivity index (χ4v) is 2.06. The van der Waals surface area contributed by atoms with Crippen molar-refractivity contribution in [1.82, 2.24) is 24.7 Å². The molecule has 22 heavy (non-hydrogen) atoms. The first-order chi connectivity index (χ1) is 10.3. The van der Waals surface area contributed by atoms with Crippen molar-refractivity contribution in [3.63, 3.8) is 0 Å². The molecule has 0 saturated heterocycles. The lowest BCUT2D eigenvalue weighted by molar-refractivity contribution is -0.141. The second-order valence-electron chi connectivity index (χ2n) is 5.33. The number of halogens is 3. The van der Waals surface area contributed by atoms with Gasteiger partial charge in [0, 0.05) is 13.2 Å². The van der Waals surface area contributed by atoms with Gasteiger partial charge in [-0.15, -0.1) is 0 Å². The van der Waals surface area contributed by atoms with E-state index < -0.39 is 11.9 Å². The monoisotopic (exact) mass is 314 g/mol. The average Bonchev–Trinajstić information content (AvgIpc) is 2.83. The minimum absolute atomic E-state index is 0.0801. The summed E-state index contributed by atoms with van der Waals surface area (Å²) in [6, 6.07) is 0.515. The predicted octanol–water partition coefficient (Wildman–Crippen LogP) is 2.82. The minimum Gasteiger partial charge on any atom is -0.344 e. The van der Waals surface area contributed by atoms with Crippen LogP contribution < -0.4 is 5.32 Å². The average molecular weight is 314 g/mol. The largest absolute Gasteiger partial charge is 0.433 e. The van der Waals surface area contributed by atoms with Gasteiger partial charge >= 0.3 is 6.18 Å². The Balaban J connectivity index is 2.26. The summed E-state index contributed by atoms with van der Waals surface area (Å²) in [5, 5.41) is 6.91. The highest BCUT2D eigenvalue weighted by Gasteiger charge is 2.33. The number of rotatable bonds is 5. The van der Waals surface area contributed by atoms with Crippen LogP contribution in [0.15, 0.2) is 18.6 Å². The molecule has 1 atom stereocenters. The summed E-state index contributed by atoms with van der Waals surface area (Å²) in [6.45, 7) is 4.02. The van der Waals surface area contributed by atoms with Crippen molar-refractivity contribution in [2.75, 3.05) is 5.32 Å². The number of hydrogen-bond donors (Lipinski definition) is 1. The summed E-state index contributed by atoms with van der Waals surface area (Å²) >= 11 is 0. The third-order valence-electron chi connectivity index (χ3n) is 3.01. The van der Waals surface area contributed by atoms with E-state index in [4.69, 9.17) is 0 Å².